The predicted molar refractivity (Wildman–Crippen MR) is 80.2 cm³/mol. The van der Waals surface area contributed by atoms with Gasteiger partial charge in [-0.2, -0.15) is 0 Å². The minimum Gasteiger partial charge on any atom is -0.327 e. The van der Waals surface area contributed by atoms with Crippen molar-refractivity contribution in [3.8, 4) is 0 Å². The number of anilines is 1. The zero-order chi connectivity index (χ0) is 15.7. The molecule has 2 aliphatic rings. The molecule has 0 radical (unpaired) electrons. The molecule has 1 saturated carbocycles. The number of nitrogens with two attached hydrogens (primary N) is 1. The quantitative estimate of drug-likeness (QED) is 0.897. The van der Waals surface area contributed by atoms with Crippen molar-refractivity contribution in [3.63, 3.8) is 0 Å². The van der Waals surface area contributed by atoms with Gasteiger partial charge in [0.05, 0.1) is 12.2 Å². The Morgan fingerprint density at radius 3 is 2.86 bits per heavy atom. The molecule has 2 fully saturated rings. The second kappa shape index (κ2) is 6.30. The van der Waals surface area contributed by atoms with E-state index in [0.29, 0.717) is 11.8 Å². The standard InChI is InChI=1S/C16H21F2N3O/c17-11-4-5-15(13(18)6-11)20-16(22)9-21-7-10-2-1-3-14(19)12(10)8-21/h4-6,10,12,14H,1-3,7-9,19H2,(H,20,22). The molecule has 120 valence electrons. The molecule has 3 atom stereocenters. The van der Waals surface area contributed by atoms with E-state index >= 15 is 0 Å². The fourth-order valence-electron chi connectivity index (χ4n) is 3.72. The van der Waals surface area contributed by atoms with E-state index in [1.54, 1.807) is 0 Å². The van der Waals surface area contributed by atoms with Crippen LogP contribution in [0.2, 0.25) is 0 Å². The van der Waals surface area contributed by atoms with Crippen LogP contribution in [0.4, 0.5) is 14.5 Å². The Kier molecular flexibility index (Phi) is 4.40. The fourth-order valence-corrected chi connectivity index (χ4v) is 3.72. The highest BCUT2D eigenvalue weighted by Gasteiger charge is 2.38. The van der Waals surface area contributed by atoms with Gasteiger partial charge in [0.25, 0.3) is 0 Å². The number of carbonyl (C=O) groups excluding carboxylic acids is 1. The first-order valence-electron chi connectivity index (χ1n) is 7.76. The first-order chi connectivity index (χ1) is 10.5. The van der Waals surface area contributed by atoms with Gasteiger partial charge in [0, 0.05) is 25.2 Å². The summed E-state index contributed by atoms with van der Waals surface area (Å²) in [6, 6.07) is 3.35. The van der Waals surface area contributed by atoms with Gasteiger partial charge in [-0.15, -0.1) is 0 Å². The van der Waals surface area contributed by atoms with Crippen molar-refractivity contribution in [1.29, 1.82) is 0 Å². The van der Waals surface area contributed by atoms with E-state index in [1.807, 2.05) is 0 Å². The molecule has 1 heterocycles. The van der Waals surface area contributed by atoms with E-state index in [9.17, 15) is 13.6 Å². The van der Waals surface area contributed by atoms with Gasteiger partial charge in [-0.3, -0.25) is 9.69 Å². The number of nitrogens with one attached hydrogen (secondary N) is 1. The molecule has 1 aliphatic carbocycles. The first-order valence-corrected chi connectivity index (χ1v) is 7.76. The third-order valence-corrected chi connectivity index (χ3v) is 4.80. The van der Waals surface area contributed by atoms with Gasteiger partial charge in [-0.25, -0.2) is 8.78 Å². The van der Waals surface area contributed by atoms with E-state index in [1.165, 1.54) is 12.5 Å². The summed E-state index contributed by atoms with van der Waals surface area (Å²) in [4.78, 5) is 14.1. The lowest BCUT2D eigenvalue weighted by atomic mass is 9.78. The Morgan fingerprint density at radius 2 is 2.14 bits per heavy atom. The monoisotopic (exact) mass is 309 g/mol. The number of rotatable bonds is 3. The number of likely N-dealkylation sites (tertiary alicyclic amines) is 1. The molecule has 4 nitrogen and oxygen atoms in total. The third kappa shape index (κ3) is 3.28. The molecule has 1 aromatic carbocycles. The summed E-state index contributed by atoms with van der Waals surface area (Å²) < 4.78 is 26.4. The molecule has 1 amide bonds. The van der Waals surface area contributed by atoms with Crippen molar-refractivity contribution in [2.45, 2.75) is 25.3 Å². The summed E-state index contributed by atoms with van der Waals surface area (Å²) in [6.45, 7) is 1.92. The van der Waals surface area contributed by atoms with Crippen molar-refractivity contribution >= 4 is 11.6 Å². The molecule has 0 bridgehead atoms. The van der Waals surface area contributed by atoms with Crippen LogP contribution in [0, 0.1) is 23.5 Å². The number of nitrogens with zero attached hydrogens (tertiary/aromatic N) is 1. The lowest BCUT2D eigenvalue weighted by Gasteiger charge is -2.29. The molecule has 0 aromatic heterocycles. The zero-order valence-electron chi connectivity index (χ0n) is 12.4. The van der Waals surface area contributed by atoms with E-state index in [2.05, 4.69) is 10.2 Å². The molecule has 0 spiro atoms. The van der Waals surface area contributed by atoms with Crippen molar-refractivity contribution < 1.29 is 13.6 Å². The maximum absolute atomic E-state index is 13.5. The van der Waals surface area contributed by atoms with Gasteiger partial charge in [-0.1, -0.05) is 6.42 Å². The van der Waals surface area contributed by atoms with Gasteiger partial charge in [0.15, 0.2) is 0 Å². The lowest BCUT2D eigenvalue weighted by Crippen LogP contribution is -2.38. The molecule has 1 aromatic rings. The second-order valence-electron chi connectivity index (χ2n) is 6.39. The molecule has 1 saturated heterocycles. The maximum atomic E-state index is 13.5. The van der Waals surface area contributed by atoms with Crippen molar-refractivity contribution in [3.05, 3.63) is 29.8 Å². The molecule has 6 heteroatoms. The highest BCUT2D eigenvalue weighted by molar-refractivity contribution is 5.92. The average Bonchev–Trinajstić information content (AvgIpc) is 2.86. The summed E-state index contributed by atoms with van der Waals surface area (Å²) in [6.07, 6.45) is 3.38. The van der Waals surface area contributed by atoms with Crippen LogP contribution in [0.5, 0.6) is 0 Å². The maximum Gasteiger partial charge on any atom is 0.238 e. The Bertz CT molecular complexity index is 566. The van der Waals surface area contributed by atoms with Gasteiger partial charge in [0.2, 0.25) is 5.91 Å². The van der Waals surface area contributed by atoms with Gasteiger partial charge < -0.3 is 11.1 Å². The molecule has 3 N–H and O–H groups in total. The fraction of sp³-hybridized carbons (Fsp3) is 0.562. The summed E-state index contributed by atoms with van der Waals surface area (Å²) in [5, 5.41) is 2.50. The van der Waals surface area contributed by atoms with E-state index < -0.39 is 11.6 Å². The largest absolute Gasteiger partial charge is 0.327 e. The smallest absolute Gasteiger partial charge is 0.238 e. The Hall–Kier alpha value is -1.53. The van der Waals surface area contributed by atoms with Crippen LogP contribution in [0.3, 0.4) is 0 Å². The average molecular weight is 309 g/mol. The van der Waals surface area contributed by atoms with Crippen molar-refractivity contribution in [2.75, 3.05) is 25.0 Å². The first kappa shape index (κ1) is 15.4. The molecule has 3 unspecified atom stereocenters. The number of fused-ring (bicyclic) bond motifs is 1. The van der Waals surface area contributed by atoms with Crippen molar-refractivity contribution in [2.24, 2.45) is 17.6 Å². The molecule has 22 heavy (non-hydrogen) atoms. The second-order valence-corrected chi connectivity index (χ2v) is 6.39. The third-order valence-electron chi connectivity index (χ3n) is 4.80. The number of amides is 1. The van der Waals surface area contributed by atoms with Crippen LogP contribution in [0.1, 0.15) is 19.3 Å². The van der Waals surface area contributed by atoms with Crippen LogP contribution in [0.25, 0.3) is 0 Å². The van der Waals surface area contributed by atoms with Gasteiger partial charge in [0.1, 0.15) is 11.6 Å². The highest BCUT2D eigenvalue weighted by Crippen LogP contribution is 2.35. The molecule has 3 rings (SSSR count). The van der Waals surface area contributed by atoms with Crippen LogP contribution in [-0.4, -0.2) is 36.5 Å². The number of benzene rings is 1. The molecule has 1 aliphatic heterocycles. The number of hydrogen-bond donors (Lipinski definition) is 2. The summed E-state index contributed by atoms with van der Waals surface area (Å²) in [7, 11) is 0. The topological polar surface area (TPSA) is 58.4 Å². The van der Waals surface area contributed by atoms with Crippen LogP contribution < -0.4 is 11.1 Å². The van der Waals surface area contributed by atoms with Crippen LogP contribution in [0.15, 0.2) is 18.2 Å². The van der Waals surface area contributed by atoms with Crippen LogP contribution >= 0.6 is 0 Å². The zero-order valence-corrected chi connectivity index (χ0v) is 12.4. The highest BCUT2D eigenvalue weighted by atomic mass is 19.1. The van der Waals surface area contributed by atoms with Gasteiger partial charge >= 0.3 is 0 Å². The minimum absolute atomic E-state index is 0.0136. The summed E-state index contributed by atoms with van der Waals surface area (Å²) >= 11 is 0. The van der Waals surface area contributed by atoms with Gasteiger partial charge in [-0.05, 0) is 36.8 Å². The van der Waals surface area contributed by atoms with E-state index in [0.717, 1.165) is 38.1 Å². The normalized spacial score (nSPS) is 28.4. The summed E-state index contributed by atoms with van der Waals surface area (Å²) in [5.74, 6) is -0.667. The number of halogens is 2. The lowest BCUT2D eigenvalue weighted by molar-refractivity contribution is -0.117. The molecular weight excluding hydrogens is 288 g/mol. The number of carbonyl (C=O) groups is 1. The number of hydrogen-bond acceptors (Lipinski definition) is 3. The Balaban J connectivity index is 1.56. The minimum atomic E-state index is -0.759. The van der Waals surface area contributed by atoms with Crippen LogP contribution in [-0.2, 0) is 4.79 Å². The van der Waals surface area contributed by atoms with E-state index in [-0.39, 0.29) is 24.2 Å². The summed E-state index contributed by atoms with van der Waals surface area (Å²) in [5.41, 5.74) is 6.17. The van der Waals surface area contributed by atoms with Crippen molar-refractivity contribution in [1.82, 2.24) is 4.90 Å². The SMILES string of the molecule is NC1CCCC2CN(CC(=O)Nc3ccc(F)cc3F)CC12. The molecular formula is C16H21F2N3O. The Morgan fingerprint density at radius 1 is 1.32 bits per heavy atom. The van der Waals surface area contributed by atoms with E-state index in [4.69, 9.17) is 5.73 Å². The predicted octanol–water partition coefficient (Wildman–Crippen LogP) is 1.96. The Labute approximate surface area is 128 Å².